The van der Waals surface area contributed by atoms with Crippen molar-refractivity contribution in [3.05, 3.63) is 71.8 Å². The number of ether oxygens (including phenoxy) is 2. The van der Waals surface area contributed by atoms with Crippen molar-refractivity contribution >= 4 is 11.9 Å². The average molecular weight is 439 g/mol. The van der Waals surface area contributed by atoms with Crippen LogP contribution < -0.4 is 0 Å². The molecule has 174 valence electrons. The van der Waals surface area contributed by atoms with Crippen LogP contribution in [-0.2, 0) is 14.3 Å². The molecule has 0 aromatic heterocycles. The van der Waals surface area contributed by atoms with Crippen LogP contribution in [0, 0.1) is 10.8 Å². The lowest BCUT2D eigenvalue weighted by Gasteiger charge is -2.37. The molecule has 0 amide bonds. The monoisotopic (exact) mass is 438 g/mol. The number of hydrogen-bond donors (Lipinski definition) is 0. The molecule has 2 aromatic rings. The quantitative estimate of drug-likeness (QED) is 0.425. The second-order valence-electron chi connectivity index (χ2n) is 10.7. The van der Waals surface area contributed by atoms with E-state index in [1.165, 1.54) is 0 Å². The van der Waals surface area contributed by atoms with Crippen molar-refractivity contribution < 1.29 is 19.1 Å². The molecule has 0 radical (unpaired) electrons. The molecule has 0 heterocycles. The minimum absolute atomic E-state index is 0.0682. The summed E-state index contributed by atoms with van der Waals surface area (Å²) in [4.78, 5) is 25.6. The number of hydrogen-bond acceptors (Lipinski definition) is 4. The molecule has 0 bridgehead atoms. The van der Waals surface area contributed by atoms with Gasteiger partial charge in [-0.15, -0.1) is 0 Å². The second kappa shape index (κ2) is 10.8. The van der Waals surface area contributed by atoms with E-state index in [9.17, 15) is 9.59 Å². The SMILES string of the molecule is C[C@H](CC(=O)O[C@@H](C[C@@H](OC(=O)c1ccccc1)C(C)(C)C)C(C)(C)C)c1ccccc1. The Morgan fingerprint density at radius 2 is 1.22 bits per heavy atom. The summed E-state index contributed by atoms with van der Waals surface area (Å²) in [6.07, 6.45) is -0.0398. The molecule has 3 atom stereocenters. The normalized spacial score (nSPS) is 14.8. The van der Waals surface area contributed by atoms with Crippen molar-refractivity contribution in [2.75, 3.05) is 0 Å². The van der Waals surface area contributed by atoms with E-state index in [1.807, 2.05) is 97.0 Å². The van der Waals surface area contributed by atoms with Gasteiger partial charge in [0.05, 0.1) is 12.0 Å². The van der Waals surface area contributed by atoms with Crippen LogP contribution in [0.3, 0.4) is 0 Å². The van der Waals surface area contributed by atoms with Crippen molar-refractivity contribution in [2.24, 2.45) is 10.8 Å². The van der Waals surface area contributed by atoms with E-state index in [0.29, 0.717) is 18.4 Å². The molecule has 4 nitrogen and oxygen atoms in total. The Kier molecular flexibility index (Phi) is 8.65. The predicted molar refractivity (Wildman–Crippen MR) is 129 cm³/mol. The van der Waals surface area contributed by atoms with Crippen LogP contribution in [0.25, 0.3) is 0 Å². The van der Waals surface area contributed by atoms with Crippen molar-refractivity contribution in [1.82, 2.24) is 0 Å². The van der Waals surface area contributed by atoms with E-state index in [-0.39, 0.29) is 34.8 Å². The number of benzene rings is 2. The molecule has 32 heavy (non-hydrogen) atoms. The number of carbonyl (C=O) groups is 2. The summed E-state index contributed by atoms with van der Waals surface area (Å²) in [5.41, 5.74) is 1.02. The van der Waals surface area contributed by atoms with Gasteiger partial charge in [-0.25, -0.2) is 4.79 Å². The maximum absolute atomic E-state index is 12.8. The van der Waals surface area contributed by atoms with Gasteiger partial charge in [0.25, 0.3) is 0 Å². The summed E-state index contributed by atoms with van der Waals surface area (Å²) >= 11 is 0. The van der Waals surface area contributed by atoms with Gasteiger partial charge in [-0.05, 0) is 34.4 Å². The van der Waals surface area contributed by atoms with E-state index in [0.717, 1.165) is 5.56 Å². The van der Waals surface area contributed by atoms with Gasteiger partial charge in [-0.3, -0.25) is 4.79 Å². The van der Waals surface area contributed by atoms with Crippen LogP contribution in [0.5, 0.6) is 0 Å². The Morgan fingerprint density at radius 3 is 1.72 bits per heavy atom. The van der Waals surface area contributed by atoms with Gasteiger partial charge in [0.15, 0.2) is 0 Å². The maximum Gasteiger partial charge on any atom is 0.338 e. The van der Waals surface area contributed by atoms with E-state index in [1.54, 1.807) is 12.1 Å². The van der Waals surface area contributed by atoms with E-state index in [4.69, 9.17) is 9.47 Å². The van der Waals surface area contributed by atoms with Gasteiger partial charge >= 0.3 is 11.9 Å². The largest absolute Gasteiger partial charge is 0.462 e. The molecule has 0 unspecified atom stereocenters. The molecule has 0 aliphatic carbocycles. The fourth-order valence-corrected chi connectivity index (χ4v) is 3.48. The topological polar surface area (TPSA) is 52.6 Å². The zero-order valence-corrected chi connectivity index (χ0v) is 20.6. The van der Waals surface area contributed by atoms with E-state index in [2.05, 4.69) is 0 Å². The molecule has 0 spiro atoms. The molecular weight excluding hydrogens is 400 g/mol. The molecule has 0 saturated heterocycles. The summed E-state index contributed by atoms with van der Waals surface area (Å²) in [5.74, 6) is -0.524. The fraction of sp³-hybridized carbons (Fsp3) is 0.500. The van der Waals surface area contributed by atoms with Crippen LogP contribution in [0.15, 0.2) is 60.7 Å². The third kappa shape index (κ3) is 7.81. The molecule has 0 N–H and O–H groups in total. The molecule has 4 heteroatoms. The Hall–Kier alpha value is -2.62. The Bertz CT molecular complexity index is 860. The third-order valence-electron chi connectivity index (χ3n) is 5.73. The average Bonchev–Trinajstić information content (AvgIpc) is 2.72. The zero-order valence-electron chi connectivity index (χ0n) is 20.6. The summed E-state index contributed by atoms with van der Waals surface area (Å²) in [6, 6.07) is 19.0. The zero-order chi connectivity index (χ0) is 23.9. The standard InChI is InChI=1S/C28H38O4/c1-20(21-14-10-8-11-15-21)18-25(29)31-23(27(2,3)4)19-24(28(5,6)7)32-26(30)22-16-12-9-13-17-22/h8-17,20,23-24H,18-19H2,1-7H3/t20-,23+,24-/m1/s1. The van der Waals surface area contributed by atoms with Crippen molar-refractivity contribution in [3.8, 4) is 0 Å². The van der Waals surface area contributed by atoms with Gasteiger partial charge in [0, 0.05) is 6.42 Å². The smallest absolute Gasteiger partial charge is 0.338 e. The fourth-order valence-electron chi connectivity index (χ4n) is 3.48. The van der Waals surface area contributed by atoms with Gasteiger partial charge in [-0.1, -0.05) is 97.0 Å². The predicted octanol–water partition coefficient (Wildman–Crippen LogP) is 6.80. The first kappa shape index (κ1) is 25.6. The van der Waals surface area contributed by atoms with E-state index < -0.39 is 6.10 Å². The van der Waals surface area contributed by atoms with Crippen LogP contribution in [-0.4, -0.2) is 24.1 Å². The first-order valence-corrected chi connectivity index (χ1v) is 11.4. The van der Waals surface area contributed by atoms with Crippen LogP contribution in [0.2, 0.25) is 0 Å². The highest BCUT2D eigenvalue weighted by atomic mass is 16.6. The molecule has 2 rings (SSSR count). The number of carbonyl (C=O) groups excluding carboxylic acids is 2. The highest BCUT2D eigenvalue weighted by Gasteiger charge is 2.37. The van der Waals surface area contributed by atoms with Gasteiger partial charge in [-0.2, -0.15) is 0 Å². The summed E-state index contributed by atoms with van der Waals surface area (Å²) in [5, 5.41) is 0. The van der Waals surface area contributed by atoms with Crippen LogP contribution in [0.1, 0.15) is 83.1 Å². The molecule has 0 aliphatic rings. The van der Waals surface area contributed by atoms with Crippen molar-refractivity contribution in [3.63, 3.8) is 0 Å². The van der Waals surface area contributed by atoms with Crippen molar-refractivity contribution in [1.29, 1.82) is 0 Å². The minimum atomic E-state index is -0.404. The lowest BCUT2D eigenvalue weighted by Crippen LogP contribution is -2.41. The highest BCUT2D eigenvalue weighted by molar-refractivity contribution is 5.89. The molecule has 0 saturated carbocycles. The lowest BCUT2D eigenvalue weighted by molar-refractivity contribution is -0.158. The number of esters is 2. The highest BCUT2D eigenvalue weighted by Crippen LogP contribution is 2.34. The first-order chi connectivity index (χ1) is 14.9. The molecular formula is C28H38O4. The maximum atomic E-state index is 12.8. The van der Waals surface area contributed by atoms with Crippen LogP contribution >= 0.6 is 0 Å². The van der Waals surface area contributed by atoms with Gasteiger partial charge in [0.2, 0.25) is 0 Å². The molecule has 0 fully saturated rings. The Morgan fingerprint density at radius 1 is 0.750 bits per heavy atom. The summed E-state index contributed by atoms with van der Waals surface area (Å²) in [7, 11) is 0. The third-order valence-corrected chi connectivity index (χ3v) is 5.73. The van der Waals surface area contributed by atoms with Crippen LogP contribution in [0.4, 0.5) is 0 Å². The lowest BCUT2D eigenvalue weighted by atomic mass is 9.79. The summed E-state index contributed by atoms with van der Waals surface area (Å²) in [6.45, 7) is 14.3. The second-order valence-corrected chi connectivity index (χ2v) is 10.7. The first-order valence-electron chi connectivity index (χ1n) is 11.4. The molecule has 0 aliphatic heterocycles. The number of rotatable bonds is 8. The molecule has 2 aromatic carbocycles. The van der Waals surface area contributed by atoms with E-state index >= 15 is 0 Å². The Balaban J connectivity index is 2.12. The summed E-state index contributed by atoms with van der Waals surface area (Å²) < 4.78 is 11.9. The minimum Gasteiger partial charge on any atom is -0.462 e. The van der Waals surface area contributed by atoms with Gasteiger partial charge in [0.1, 0.15) is 12.2 Å². The Labute approximate surface area is 193 Å². The van der Waals surface area contributed by atoms with Gasteiger partial charge < -0.3 is 9.47 Å². The van der Waals surface area contributed by atoms with Crippen molar-refractivity contribution in [2.45, 2.75) is 79.4 Å².